The predicted octanol–water partition coefficient (Wildman–Crippen LogP) is 7.15. The van der Waals surface area contributed by atoms with Gasteiger partial charge in [-0.15, -0.1) is 0 Å². The lowest BCUT2D eigenvalue weighted by atomic mass is 9.97. The Hall–Kier alpha value is -3.72. The lowest BCUT2D eigenvalue weighted by Crippen LogP contribution is -2.21. The maximum atomic E-state index is 10.6. The molecule has 0 saturated carbocycles. The monoisotopic (exact) mass is 519 g/mol. The summed E-state index contributed by atoms with van der Waals surface area (Å²) in [4.78, 5) is 13.7. The Kier molecular flexibility index (Phi) is 8.14. The molecule has 0 bridgehead atoms. The number of carboxylic acids is 1. The summed E-state index contributed by atoms with van der Waals surface area (Å²) < 4.78 is 39.4. The summed E-state index contributed by atoms with van der Waals surface area (Å²) in [5.41, 5.74) is 7.67. The number of benzene rings is 3. The number of ether oxygens (including phenoxy) is 1. The first-order valence-corrected chi connectivity index (χ1v) is 11.3. The number of fused-ring (bicyclic) bond motifs is 1. The van der Waals surface area contributed by atoms with E-state index in [1.54, 1.807) is 7.11 Å². The number of rotatable bonds is 5. The second kappa shape index (κ2) is 10.9. The van der Waals surface area contributed by atoms with Crippen molar-refractivity contribution in [2.75, 3.05) is 12.4 Å². The normalized spacial score (nSPS) is 11.1. The van der Waals surface area contributed by atoms with Gasteiger partial charge in [-0.05, 0) is 42.2 Å². The molecule has 190 valence electrons. The van der Waals surface area contributed by atoms with Crippen molar-refractivity contribution in [1.29, 1.82) is 0 Å². The van der Waals surface area contributed by atoms with Crippen molar-refractivity contribution in [2.45, 2.75) is 26.4 Å². The Labute approximate surface area is 211 Å². The number of aromatic nitrogens is 2. The van der Waals surface area contributed by atoms with Gasteiger partial charge in [0.25, 0.3) is 0 Å². The van der Waals surface area contributed by atoms with Crippen molar-refractivity contribution in [2.24, 2.45) is 7.05 Å². The van der Waals surface area contributed by atoms with Crippen LogP contribution in [0.5, 0.6) is 5.75 Å². The molecule has 0 radical (unpaired) electrons. The van der Waals surface area contributed by atoms with E-state index in [4.69, 9.17) is 31.2 Å². The number of hydrogen-bond donors (Lipinski definition) is 2. The topological polar surface area (TPSA) is 76.4 Å². The summed E-state index contributed by atoms with van der Waals surface area (Å²) in [7, 11) is 3.68. The molecule has 0 fully saturated rings. The van der Waals surface area contributed by atoms with E-state index >= 15 is 0 Å². The summed E-state index contributed by atoms with van der Waals surface area (Å²) in [6.45, 7) is 4.19. The third kappa shape index (κ3) is 5.73. The van der Waals surface area contributed by atoms with Gasteiger partial charge in [0.1, 0.15) is 5.75 Å². The molecule has 0 spiro atoms. The SMILES string of the molecule is CCc1ccccc1-c1cccc2nc(Nc3c(C)cc(Cl)cc3OC)n(C)c12.O=C(O)C(F)(F)F. The minimum atomic E-state index is -5.08. The highest BCUT2D eigenvalue weighted by Crippen LogP contribution is 2.37. The number of halogens is 4. The van der Waals surface area contributed by atoms with Crippen molar-refractivity contribution >= 4 is 40.2 Å². The summed E-state index contributed by atoms with van der Waals surface area (Å²) >= 11 is 6.19. The van der Waals surface area contributed by atoms with Crippen LogP contribution >= 0.6 is 11.6 Å². The maximum absolute atomic E-state index is 10.6. The summed E-state index contributed by atoms with van der Waals surface area (Å²) in [6, 6.07) is 18.5. The van der Waals surface area contributed by atoms with Gasteiger partial charge < -0.3 is 19.7 Å². The number of methoxy groups -OCH3 is 1. The van der Waals surface area contributed by atoms with Gasteiger partial charge in [-0.1, -0.05) is 54.9 Å². The van der Waals surface area contributed by atoms with E-state index in [-0.39, 0.29) is 0 Å². The molecule has 10 heteroatoms. The highest BCUT2D eigenvalue weighted by Gasteiger charge is 2.38. The third-order valence-corrected chi connectivity index (χ3v) is 5.76. The number of hydrogen-bond acceptors (Lipinski definition) is 4. The van der Waals surface area contributed by atoms with E-state index in [0.29, 0.717) is 10.8 Å². The fraction of sp³-hybridized carbons (Fsp3) is 0.231. The zero-order valence-corrected chi connectivity index (χ0v) is 20.8. The average Bonchev–Trinajstić information content (AvgIpc) is 3.15. The van der Waals surface area contributed by atoms with Gasteiger partial charge in [-0.25, -0.2) is 9.78 Å². The molecule has 4 aromatic rings. The second-order valence-corrected chi connectivity index (χ2v) is 8.34. The molecule has 0 aliphatic carbocycles. The number of carboxylic acid groups (broad SMARTS) is 1. The van der Waals surface area contributed by atoms with Crippen molar-refractivity contribution in [3.8, 4) is 16.9 Å². The Morgan fingerprint density at radius 1 is 1.14 bits per heavy atom. The molecule has 0 unspecified atom stereocenters. The number of carbonyl (C=O) groups is 1. The van der Waals surface area contributed by atoms with Crippen LogP contribution in [0.2, 0.25) is 5.02 Å². The van der Waals surface area contributed by atoms with Gasteiger partial charge in [0.2, 0.25) is 5.95 Å². The molecule has 1 aromatic heterocycles. The molecule has 1 heterocycles. The fourth-order valence-corrected chi connectivity index (χ4v) is 4.10. The Balaban J connectivity index is 0.000000454. The van der Waals surface area contributed by atoms with E-state index in [2.05, 4.69) is 53.2 Å². The van der Waals surface area contributed by atoms with Crippen molar-refractivity contribution in [1.82, 2.24) is 9.55 Å². The van der Waals surface area contributed by atoms with E-state index in [1.165, 1.54) is 16.7 Å². The fourth-order valence-electron chi connectivity index (χ4n) is 3.83. The van der Waals surface area contributed by atoms with Gasteiger partial charge >= 0.3 is 12.1 Å². The molecule has 36 heavy (non-hydrogen) atoms. The summed E-state index contributed by atoms with van der Waals surface area (Å²) in [5.74, 6) is -1.31. The van der Waals surface area contributed by atoms with E-state index in [9.17, 15) is 13.2 Å². The standard InChI is InChI=1S/C24H24ClN3O.C2HF3O2/c1-5-16-9-6-7-10-18(16)19-11-8-12-20-23(19)28(3)24(26-20)27-22-15(2)13-17(25)14-21(22)29-4;3-2(4,5)1(6)7/h6-14H,5H2,1-4H3,(H,26,27);(H,6,7). The second-order valence-electron chi connectivity index (χ2n) is 7.91. The van der Waals surface area contributed by atoms with Crippen LogP contribution in [-0.2, 0) is 18.3 Å². The molecule has 6 nitrogen and oxygen atoms in total. The molecule has 0 saturated heterocycles. The summed E-state index contributed by atoms with van der Waals surface area (Å²) in [6.07, 6.45) is -4.10. The van der Waals surface area contributed by atoms with E-state index in [1.807, 2.05) is 32.2 Å². The minimum Gasteiger partial charge on any atom is -0.495 e. The molecular weight excluding hydrogens is 495 g/mol. The van der Waals surface area contributed by atoms with Gasteiger partial charge in [-0.2, -0.15) is 13.2 Å². The van der Waals surface area contributed by atoms with Gasteiger partial charge in [-0.3, -0.25) is 0 Å². The van der Waals surface area contributed by atoms with Crippen LogP contribution in [-0.4, -0.2) is 33.9 Å². The van der Waals surface area contributed by atoms with Crippen LogP contribution in [0.15, 0.2) is 54.6 Å². The molecular formula is C26H25ClF3N3O3. The molecule has 0 amide bonds. The van der Waals surface area contributed by atoms with Crippen molar-refractivity contribution in [3.05, 3.63) is 70.7 Å². The van der Waals surface area contributed by atoms with Crippen LogP contribution in [0.4, 0.5) is 24.8 Å². The number of nitrogens with one attached hydrogen (secondary N) is 1. The molecule has 0 aliphatic heterocycles. The Bertz CT molecular complexity index is 1400. The van der Waals surface area contributed by atoms with E-state index in [0.717, 1.165) is 34.7 Å². The first-order chi connectivity index (χ1) is 17.0. The highest BCUT2D eigenvalue weighted by molar-refractivity contribution is 6.31. The number of para-hydroxylation sites is 1. The quantitative estimate of drug-likeness (QED) is 0.293. The van der Waals surface area contributed by atoms with Crippen molar-refractivity contribution in [3.63, 3.8) is 0 Å². The van der Waals surface area contributed by atoms with Crippen LogP contribution < -0.4 is 10.1 Å². The van der Waals surface area contributed by atoms with Crippen LogP contribution in [0, 0.1) is 6.92 Å². The number of aryl methyl sites for hydroxylation is 3. The van der Waals surface area contributed by atoms with Crippen LogP contribution in [0.3, 0.4) is 0 Å². The number of imidazole rings is 1. The van der Waals surface area contributed by atoms with Gasteiger partial charge in [0.05, 0.1) is 23.8 Å². The smallest absolute Gasteiger partial charge is 0.490 e. The number of alkyl halides is 3. The average molecular weight is 520 g/mol. The first-order valence-electron chi connectivity index (χ1n) is 10.9. The number of nitrogens with zero attached hydrogens (tertiary/aromatic N) is 2. The predicted molar refractivity (Wildman–Crippen MR) is 135 cm³/mol. The largest absolute Gasteiger partial charge is 0.495 e. The first kappa shape index (κ1) is 26.9. The van der Waals surface area contributed by atoms with Crippen LogP contribution in [0.1, 0.15) is 18.1 Å². The van der Waals surface area contributed by atoms with E-state index < -0.39 is 12.1 Å². The Morgan fingerprint density at radius 3 is 2.39 bits per heavy atom. The zero-order valence-electron chi connectivity index (χ0n) is 20.1. The zero-order chi connectivity index (χ0) is 26.6. The Morgan fingerprint density at radius 2 is 1.78 bits per heavy atom. The molecule has 4 rings (SSSR count). The molecule has 0 aliphatic rings. The maximum Gasteiger partial charge on any atom is 0.490 e. The number of anilines is 2. The third-order valence-electron chi connectivity index (χ3n) is 5.55. The number of aliphatic carboxylic acids is 1. The molecule has 0 atom stereocenters. The van der Waals surface area contributed by atoms with Crippen molar-refractivity contribution < 1.29 is 27.8 Å². The lowest BCUT2D eigenvalue weighted by Gasteiger charge is -2.15. The van der Waals surface area contributed by atoms with Crippen LogP contribution in [0.25, 0.3) is 22.2 Å². The van der Waals surface area contributed by atoms with Gasteiger partial charge in [0, 0.05) is 23.7 Å². The highest BCUT2D eigenvalue weighted by atomic mass is 35.5. The van der Waals surface area contributed by atoms with Gasteiger partial charge in [0.15, 0.2) is 0 Å². The lowest BCUT2D eigenvalue weighted by molar-refractivity contribution is -0.192. The summed E-state index contributed by atoms with van der Waals surface area (Å²) in [5, 5.41) is 11.2. The minimum absolute atomic E-state index is 0.647. The molecule has 3 aromatic carbocycles. The molecule has 2 N–H and O–H groups in total.